The zero-order valence-electron chi connectivity index (χ0n) is 12.5. The van der Waals surface area contributed by atoms with Gasteiger partial charge in [-0.15, -0.1) is 0 Å². The number of rotatable bonds is 6. The van der Waals surface area contributed by atoms with E-state index in [-0.39, 0.29) is 5.91 Å². The van der Waals surface area contributed by atoms with Crippen LogP contribution in [0.1, 0.15) is 18.1 Å². The lowest BCUT2D eigenvalue weighted by atomic mass is 10.0. The van der Waals surface area contributed by atoms with Crippen LogP contribution in [0.25, 0.3) is 10.8 Å². The van der Waals surface area contributed by atoms with E-state index in [0.29, 0.717) is 19.5 Å². The largest absolute Gasteiger partial charge is 0.387 e. The molecule has 0 saturated heterocycles. The van der Waals surface area contributed by atoms with E-state index in [2.05, 4.69) is 11.4 Å². The van der Waals surface area contributed by atoms with Crippen LogP contribution < -0.4 is 5.32 Å². The Morgan fingerprint density at radius 2 is 1.90 bits per heavy atom. The summed E-state index contributed by atoms with van der Waals surface area (Å²) >= 11 is 0. The summed E-state index contributed by atoms with van der Waals surface area (Å²) in [6, 6.07) is 14.0. The molecular formula is C17H22N2O2. The normalized spacial score (nSPS) is 12.3. The second-order valence-electron chi connectivity index (χ2n) is 5.36. The lowest BCUT2D eigenvalue weighted by Gasteiger charge is -2.14. The molecule has 0 fully saturated rings. The van der Waals surface area contributed by atoms with Gasteiger partial charge >= 0.3 is 0 Å². The predicted octanol–water partition coefficient (Wildman–Crippen LogP) is 1.94. The van der Waals surface area contributed by atoms with Gasteiger partial charge in [0, 0.05) is 33.6 Å². The van der Waals surface area contributed by atoms with Crippen molar-refractivity contribution < 1.29 is 9.90 Å². The van der Waals surface area contributed by atoms with Crippen molar-refractivity contribution in [3.05, 3.63) is 48.0 Å². The van der Waals surface area contributed by atoms with Crippen LogP contribution in [0.15, 0.2) is 42.5 Å². The second kappa shape index (κ2) is 7.20. The van der Waals surface area contributed by atoms with Crippen molar-refractivity contribution in [1.82, 2.24) is 10.2 Å². The second-order valence-corrected chi connectivity index (χ2v) is 5.36. The molecule has 2 aromatic carbocycles. The number of aliphatic hydroxyl groups is 1. The molecule has 1 amide bonds. The highest BCUT2D eigenvalue weighted by molar-refractivity contribution is 5.83. The first-order chi connectivity index (χ1) is 10.1. The maximum absolute atomic E-state index is 11.4. The van der Waals surface area contributed by atoms with Gasteiger partial charge in [-0.3, -0.25) is 4.79 Å². The van der Waals surface area contributed by atoms with Gasteiger partial charge < -0.3 is 15.3 Å². The molecule has 4 nitrogen and oxygen atoms in total. The lowest BCUT2D eigenvalue weighted by Crippen LogP contribution is -2.28. The summed E-state index contributed by atoms with van der Waals surface area (Å²) in [4.78, 5) is 13.0. The van der Waals surface area contributed by atoms with Crippen molar-refractivity contribution in [1.29, 1.82) is 0 Å². The molecule has 2 aromatic rings. The number of hydrogen-bond acceptors (Lipinski definition) is 3. The summed E-state index contributed by atoms with van der Waals surface area (Å²) in [6.07, 6.45) is -0.124. The molecule has 1 atom stereocenters. The smallest absolute Gasteiger partial charge is 0.223 e. The van der Waals surface area contributed by atoms with Gasteiger partial charge in [0.15, 0.2) is 0 Å². The molecule has 2 N–H and O–H groups in total. The Labute approximate surface area is 125 Å². The molecule has 1 unspecified atom stereocenters. The topological polar surface area (TPSA) is 52.6 Å². The molecule has 0 bridgehead atoms. The van der Waals surface area contributed by atoms with Crippen LogP contribution in [-0.4, -0.2) is 43.1 Å². The van der Waals surface area contributed by atoms with Crippen LogP contribution in [0.3, 0.4) is 0 Å². The van der Waals surface area contributed by atoms with E-state index < -0.39 is 6.10 Å². The molecular weight excluding hydrogens is 264 g/mol. The Balaban J connectivity index is 1.87. The Morgan fingerprint density at radius 1 is 1.19 bits per heavy atom. The number of carbonyl (C=O) groups is 1. The standard InChI is InChI=1S/C17H22N2O2/c1-19(2)17(21)9-10-18-12-16(20)15-8-7-13-5-3-4-6-14(13)11-15/h3-8,11,16,18,20H,9-10,12H2,1-2H3. The highest BCUT2D eigenvalue weighted by Crippen LogP contribution is 2.19. The van der Waals surface area contributed by atoms with Gasteiger partial charge in [0.05, 0.1) is 6.10 Å². The highest BCUT2D eigenvalue weighted by atomic mass is 16.3. The lowest BCUT2D eigenvalue weighted by molar-refractivity contribution is -0.128. The Morgan fingerprint density at radius 3 is 2.62 bits per heavy atom. The molecule has 0 heterocycles. The molecule has 0 spiro atoms. The predicted molar refractivity (Wildman–Crippen MR) is 85.1 cm³/mol. The summed E-state index contributed by atoms with van der Waals surface area (Å²) < 4.78 is 0. The fraction of sp³-hybridized carbons (Fsp3) is 0.353. The third-order valence-electron chi connectivity index (χ3n) is 3.51. The molecule has 0 saturated carbocycles. The van der Waals surface area contributed by atoms with E-state index in [1.807, 2.05) is 36.4 Å². The number of nitrogens with one attached hydrogen (secondary N) is 1. The molecule has 0 aromatic heterocycles. The van der Waals surface area contributed by atoms with Crippen LogP contribution in [0.4, 0.5) is 0 Å². The highest BCUT2D eigenvalue weighted by Gasteiger charge is 2.08. The van der Waals surface area contributed by atoms with Gasteiger partial charge in [-0.1, -0.05) is 36.4 Å². The minimum absolute atomic E-state index is 0.0858. The first-order valence-corrected chi connectivity index (χ1v) is 7.15. The van der Waals surface area contributed by atoms with Crippen molar-refractivity contribution in [2.75, 3.05) is 27.2 Å². The molecule has 112 valence electrons. The fourth-order valence-corrected chi connectivity index (χ4v) is 2.19. The van der Waals surface area contributed by atoms with Gasteiger partial charge in [-0.05, 0) is 22.4 Å². The van der Waals surface area contributed by atoms with Crippen LogP contribution in [0.5, 0.6) is 0 Å². The van der Waals surface area contributed by atoms with E-state index in [4.69, 9.17) is 0 Å². The number of aliphatic hydroxyl groups excluding tert-OH is 1. The van der Waals surface area contributed by atoms with E-state index in [9.17, 15) is 9.90 Å². The number of fused-ring (bicyclic) bond motifs is 1. The zero-order valence-corrected chi connectivity index (χ0v) is 12.5. The van der Waals surface area contributed by atoms with Crippen molar-refractivity contribution in [2.24, 2.45) is 0 Å². The van der Waals surface area contributed by atoms with Gasteiger partial charge in [0.25, 0.3) is 0 Å². The van der Waals surface area contributed by atoms with E-state index in [0.717, 1.165) is 16.3 Å². The monoisotopic (exact) mass is 286 g/mol. The van der Waals surface area contributed by atoms with Gasteiger partial charge in [-0.25, -0.2) is 0 Å². The quantitative estimate of drug-likeness (QED) is 0.798. The van der Waals surface area contributed by atoms with Gasteiger partial charge in [-0.2, -0.15) is 0 Å². The average molecular weight is 286 g/mol. The van der Waals surface area contributed by atoms with Crippen LogP contribution in [0, 0.1) is 0 Å². The minimum Gasteiger partial charge on any atom is -0.387 e. The Kier molecular flexibility index (Phi) is 5.31. The molecule has 0 aliphatic heterocycles. The number of benzene rings is 2. The molecule has 0 radical (unpaired) electrons. The minimum atomic E-state index is -0.566. The summed E-state index contributed by atoms with van der Waals surface area (Å²) in [7, 11) is 3.48. The van der Waals surface area contributed by atoms with Crippen molar-refractivity contribution >= 4 is 16.7 Å². The number of nitrogens with zero attached hydrogens (tertiary/aromatic N) is 1. The van der Waals surface area contributed by atoms with Crippen molar-refractivity contribution in [3.63, 3.8) is 0 Å². The third kappa shape index (κ3) is 4.28. The number of carbonyl (C=O) groups excluding carboxylic acids is 1. The Bertz CT molecular complexity index is 611. The maximum Gasteiger partial charge on any atom is 0.223 e. The number of amides is 1. The van der Waals surface area contributed by atoms with Crippen molar-refractivity contribution in [2.45, 2.75) is 12.5 Å². The van der Waals surface area contributed by atoms with Crippen LogP contribution in [-0.2, 0) is 4.79 Å². The van der Waals surface area contributed by atoms with Gasteiger partial charge in [0.1, 0.15) is 0 Å². The third-order valence-corrected chi connectivity index (χ3v) is 3.51. The van der Waals surface area contributed by atoms with E-state index in [1.54, 1.807) is 19.0 Å². The average Bonchev–Trinajstić information content (AvgIpc) is 2.50. The van der Waals surface area contributed by atoms with Gasteiger partial charge in [0.2, 0.25) is 5.91 Å². The Hall–Kier alpha value is -1.91. The summed E-state index contributed by atoms with van der Waals surface area (Å²) in [5, 5.41) is 15.6. The first-order valence-electron chi connectivity index (χ1n) is 7.15. The molecule has 0 aliphatic rings. The first kappa shape index (κ1) is 15.5. The SMILES string of the molecule is CN(C)C(=O)CCNCC(O)c1ccc2ccccc2c1. The zero-order chi connectivity index (χ0) is 15.2. The van der Waals surface area contributed by atoms with E-state index in [1.165, 1.54) is 0 Å². The molecule has 0 aliphatic carbocycles. The number of hydrogen-bond donors (Lipinski definition) is 2. The summed E-state index contributed by atoms with van der Waals surface area (Å²) in [6.45, 7) is 1.01. The molecule has 4 heteroatoms. The fourth-order valence-electron chi connectivity index (χ4n) is 2.19. The van der Waals surface area contributed by atoms with Crippen LogP contribution in [0.2, 0.25) is 0 Å². The van der Waals surface area contributed by atoms with Crippen LogP contribution >= 0.6 is 0 Å². The molecule has 2 rings (SSSR count). The summed E-state index contributed by atoms with van der Waals surface area (Å²) in [5.74, 6) is 0.0858. The summed E-state index contributed by atoms with van der Waals surface area (Å²) in [5.41, 5.74) is 0.889. The van der Waals surface area contributed by atoms with E-state index >= 15 is 0 Å². The van der Waals surface area contributed by atoms with Crippen molar-refractivity contribution in [3.8, 4) is 0 Å². The maximum atomic E-state index is 11.4. The molecule has 21 heavy (non-hydrogen) atoms.